The lowest BCUT2D eigenvalue weighted by molar-refractivity contribution is 0.0932. The van der Waals surface area contributed by atoms with Gasteiger partial charge in [0.2, 0.25) is 0 Å². The van der Waals surface area contributed by atoms with E-state index < -0.39 is 0 Å². The molecule has 0 saturated carbocycles. The zero-order valence-electron chi connectivity index (χ0n) is 9.73. The zero-order chi connectivity index (χ0) is 12.0. The molecule has 0 bridgehead atoms. The number of amides is 1. The molecule has 1 amide bonds. The van der Waals surface area contributed by atoms with Crippen LogP contribution in [0.1, 0.15) is 43.6 Å². The Kier molecular flexibility index (Phi) is 4.69. The number of carbonyl (C=O) groups excluding carboxylic acids is 1. The van der Waals surface area contributed by atoms with E-state index in [4.69, 9.17) is 5.73 Å². The molecule has 5 heteroatoms. The first-order valence-corrected chi connectivity index (χ1v) is 5.53. The molecule has 1 aromatic heterocycles. The van der Waals surface area contributed by atoms with E-state index in [9.17, 15) is 4.79 Å². The molecular weight excluding hydrogens is 204 g/mol. The Balaban J connectivity index is 2.48. The van der Waals surface area contributed by atoms with Crippen molar-refractivity contribution < 1.29 is 4.79 Å². The van der Waals surface area contributed by atoms with E-state index in [1.54, 1.807) is 12.1 Å². The highest BCUT2D eigenvalue weighted by molar-refractivity contribution is 5.92. The number of rotatable bonds is 5. The Hall–Kier alpha value is -1.65. The number of nitrogens with one attached hydrogen (secondary N) is 1. The van der Waals surface area contributed by atoms with Crippen molar-refractivity contribution in [3.05, 3.63) is 17.8 Å². The average molecular weight is 222 g/mol. The van der Waals surface area contributed by atoms with E-state index in [1.807, 2.05) is 6.92 Å². The summed E-state index contributed by atoms with van der Waals surface area (Å²) in [4.78, 5) is 11.7. The van der Waals surface area contributed by atoms with E-state index in [0.717, 1.165) is 19.3 Å². The maximum Gasteiger partial charge on any atom is 0.272 e. The van der Waals surface area contributed by atoms with Crippen LogP contribution in [0.25, 0.3) is 0 Å². The second-order valence-corrected chi connectivity index (χ2v) is 3.86. The third kappa shape index (κ3) is 3.84. The second-order valence-electron chi connectivity index (χ2n) is 3.86. The summed E-state index contributed by atoms with van der Waals surface area (Å²) < 4.78 is 0. The van der Waals surface area contributed by atoms with Gasteiger partial charge in [-0.1, -0.05) is 19.8 Å². The Bertz CT molecular complexity index is 336. The number of nitrogens with two attached hydrogens (primary N) is 1. The molecular formula is C11H18N4O. The minimum absolute atomic E-state index is 0.159. The smallest absolute Gasteiger partial charge is 0.272 e. The number of nitrogen functional groups attached to an aromatic ring is 1. The molecule has 3 N–H and O–H groups in total. The van der Waals surface area contributed by atoms with Gasteiger partial charge in [0.25, 0.3) is 5.91 Å². The van der Waals surface area contributed by atoms with E-state index >= 15 is 0 Å². The van der Waals surface area contributed by atoms with Crippen molar-refractivity contribution >= 4 is 11.7 Å². The highest BCUT2D eigenvalue weighted by Crippen LogP contribution is 2.02. The normalized spacial score (nSPS) is 12.1. The largest absolute Gasteiger partial charge is 0.382 e. The van der Waals surface area contributed by atoms with Crippen molar-refractivity contribution in [2.75, 3.05) is 5.73 Å². The summed E-state index contributed by atoms with van der Waals surface area (Å²) >= 11 is 0. The Morgan fingerprint density at radius 2 is 2.25 bits per heavy atom. The van der Waals surface area contributed by atoms with Crippen molar-refractivity contribution in [2.45, 2.75) is 39.2 Å². The zero-order valence-corrected chi connectivity index (χ0v) is 9.73. The molecule has 16 heavy (non-hydrogen) atoms. The van der Waals surface area contributed by atoms with Crippen LogP contribution in [-0.4, -0.2) is 22.1 Å². The molecule has 0 aliphatic rings. The Morgan fingerprint density at radius 3 is 2.81 bits per heavy atom. The third-order valence-electron chi connectivity index (χ3n) is 2.29. The fourth-order valence-corrected chi connectivity index (χ4v) is 1.34. The summed E-state index contributed by atoms with van der Waals surface area (Å²) in [6, 6.07) is 3.30. The molecule has 1 aromatic rings. The molecule has 88 valence electrons. The lowest BCUT2D eigenvalue weighted by atomic mass is 10.1. The maximum absolute atomic E-state index is 11.7. The van der Waals surface area contributed by atoms with Gasteiger partial charge in [-0.25, -0.2) is 0 Å². The van der Waals surface area contributed by atoms with Gasteiger partial charge < -0.3 is 11.1 Å². The van der Waals surface area contributed by atoms with Crippen molar-refractivity contribution in [1.29, 1.82) is 0 Å². The predicted octanol–water partition coefficient (Wildman–Crippen LogP) is 1.37. The molecule has 0 radical (unpaired) electrons. The topological polar surface area (TPSA) is 80.9 Å². The van der Waals surface area contributed by atoms with Crippen LogP contribution >= 0.6 is 0 Å². The molecule has 5 nitrogen and oxygen atoms in total. The van der Waals surface area contributed by atoms with Gasteiger partial charge in [-0.05, 0) is 25.5 Å². The van der Waals surface area contributed by atoms with Gasteiger partial charge in [0.15, 0.2) is 5.69 Å². The van der Waals surface area contributed by atoms with E-state index in [-0.39, 0.29) is 11.9 Å². The first-order chi connectivity index (χ1) is 7.63. The molecule has 0 fully saturated rings. The molecule has 0 aromatic carbocycles. The molecule has 0 spiro atoms. The second kappa shape index (κ2) is 6.05. The number of nitrogens with zero attached hydrogens (tertiary/aromatic N) is 2. The highest BCUT2D eigenvalue weighted by Gasteiger charge is 2.10. The van der Waals surface area contributed by atoms with Crippen LogP contribution in [0.15, 0.2) is 12.1 Å². The minimum Gasteiger partial charge on any atom is -0.382 e. The van der Waals surface area contributed by atoms with Crippen LogP contribution in [0, 0.1) is 0 Å². The van der Waals surface area contributed by atoms with E-state index in [2.05, 4.69) is 22.4 Å². The molecule has 0 saturated heterocycles. The molecule has 1 heterocycles. The fraction of sp³-hybridized carbons (Fsp3) is 0.545. The first-order valence-electron chi connectivity index (χ1n) is 5.53. The van der Waals surface area contributed by atoms with Gasteiger partial charge in [0.1, 0.15) is 5.82 Å². The van der Waals surface area contributed by atoms with Crippen LogP contribution < -0.4 is 11.1 Å². The van der Waals surface area contributed by atoms with Crippen LogP contribution in [0.2, 0.25) is 0 Å². The van der Waals surface area contributed by atoms with Gasteiger partial charge in [-0.3, -0.25) is 4.79 Å². The van der Waals surface area contributed by atoms with Gasteiger partial charge in [0.05, 0.1) is 0 Å². The van der Waals surface area contributed by atoms with E-state index in [0.29, 0.717) is 11.5 Å². The van der Waals surface area contributed by atoms with Crippen molar-refractivity contribution in [1.82, 2.24) is 15.5 Å². The van der Waals surface area contributed by atoms with Gasteiger partial charge in [-0.2, -0.15) is 0 Å². The van der Waals surface area contributed by atoms with E-state index in [1.165, 1.54) is 0 Å². The van der Waals surface area contributed by atoms with Crippen LogP contribution in [0.5, 0.6) is 0 Å². The Morgan fingerprint density at radius 1 is 1.50 bits per heavy atom. The van der Waals surface area contributed by atoms with Gasteiger partial charge in [-0.15, -0.1) is 10.2 Å². The standard InChI is InChI=1S/C11H18N4O/c1-3-4-5-8(2)13-11(16)9-6-7-10(12)15-14-9/h6-8H,3-5H2,1-2H3,(H2,12,15)(H,13,16). The van der Waals surface area contributed by atoms with Crippen molar-refractivity contribution in [3.8, 4) is 0 Å². The number of aromatic nitrogens is 2. The van der Waals surface area contributed by atoms with Crippen LogP contribution in [0.4, 0.5) is 5.82 Å². The predicted molar refractivity (Wildman–Crippen MR) is 62.9 cm³/mol. The molecule has 1 atom stereocenters. The third-order valence-corrected chi connectivity index (χ3v) is 2.29. The van der Waals surface area contributed by atoms with Crippen molar-refractivity contribution in [2.24, 2.45) is 0 Å². The lowest BCUT2D eigenvalue weighted by Gasteiger charge is -2.12. The minimum atomic E-state index is -0.198. The quantitative estimate of drug-likeness (QED) is 0.788. The van der Waals surface area contributed by atoms with Crippen LogP contribution in [-0.2, 0) is 0 Å². The molecule has 0 aliphatic carbocycles. The SMILES string of the molecule is CCCCC(C)NC(=O)c1ccc(N)nn1. The van der Waals surface area contributed by atoms with Crippen LogP contribution in [0.3, 0.4) is 0 Å². The summed E-state index contributed by atoms with van der Waals surface area (Å²) in [6.07, 6.45) is 3.21. The number of unbranched alkanes of at least 4 members (excludes halogenated alkanes) is 1. The summed E-state index contributed by atoms with van der Waals surface area (Å²) in [5.74, 6) is 0.117. The lowest BCUT2D eigenvalue weighted by Crippen LogP contribution is -2.33. The van der Waals surface area contributed by atoms with Gasteiger partial charge >= 0.3 is 0 Å². The Labute approximate surface area is 95.4 Å². The average Bonchev–Trinajstić information content (AvgIpc) is 2.27. The number of hydrogen-bond donors (Lipinski definition) is 2. The molecule has 1 rings (SSSR count). The van der Waals surface area contributed by atoms with Gasteiger partial charge in [0, 0.05) is 6.04 Å². The highest BCUT2D eigenvalue weighted by atomic mass is 16.2. The maximum atomic E-state index is 11.7. The van der Waals surface area contributed by atoms with Crippen molar-refractivity contribution in [3.63, 3.8) is 0 Å². The molecule has 0 aliphatic heterocycles. The molecule has 1 unspecified atom stereocenters. The fourth-order valence-electron chi connectivity index (χ4n) is 1.34. The number of hydrogen-bond acceptors (Lipinski definition) is 4. The number of anilines is 1. The summed E-state index contributed by atoms with van der Waals surface area (Å²) in [6.45, 7) is 4.11. The summed E-state index contributed by atoms with van der Waals surface area (Å²) in [5.41, 5.74) is 5.69. The summed E-state index contributed by atoms with van der Waals surface area (Å²) in [5, 5.41) is 10.2. The number of carbonyl (C=O) groups is 1. The monoisotopic (exact) mass is 222 g/mol. The summed E-state index contributed by atoms with van der Waals surface area (Å²) in [7, 11) is 0. The first kappa shape index (κ1) is 12.4.